The summed E-state index contributed by atoms with van der Waals surface area (Å²) in [5.41, 5.74) is 5.35. The summed E-state index contributed by atoms with van der Waals surface area (Å²) >= 11 is 0. The summed E-state index contributed by atoms with van der Waals surface area (Å²) in [7, 11) is -4.05. The van der Waals surface area contributed by atoms with Crippen LogP contribution >= 0.6 is 7.60 Å². The van der Waals surface area contributed by atoms with E-state index in [0.29, 0.717) is 6.42 Å². The minimum Gasteiger partial charge on any atom is -0.323 e. The highest BCUT2D eigenvalue weighted by molar-refractivity contribution is 7.52. The zero-order chi connectivity index (χ0) is 11.7. The minimum absolute atomic E-state index is 0.429. The first-order chi connectivity index (χ1) is 6.98. The summed E-state index contributed by atoms with van der Waals surface area (Å²) in [6.07, 6.45) is 8.42. The number of hydrogen-bond acceptors (Lipinski definition) is 2. The van der Waals surface area contributed by atoms with Gasteiger partial charge in [-0.25, -0.2) is 0 Å². The van der Waals surface area contributed by atoms with Gasteiger partial charge < -0.3 is 15.5 Å². The molecule has 0 saturated heterocycles. The van der Waals surface area contributed by atoms with Crippen LogP contribution in [0.5, 0.6) is 0 Å². The average Bonchev–Trinajstić information content (AvgIpc) is 2.14. The van der Waals surface area contributed by atoms with E-state index in [2.05, 4.69) is 6.92 Å². The maximum atomic E-state index is 10.7. The molecule has 4 N–H and O–H groups in total. The van der Waals surface area contributed by atoms with Gasteiger partial charge in [-0.05, 0) is 6.42 Å². The first-order valence-corrected chi connectivity index (χ1v) is 7.47. The number of rotatable bonds is 9. The molecule has 4 nitrogen and oxygen atoms in total. The Morgan fingerprint density at radius 3 is 2.00 bits per heavy atom. The first-order valence-electron chi connectivity index (χ1n) is 5.79. The quantitative estimate of drug-likeness (QED) is 0.425. The van der Waals surface area contributed by atoms with Crippen LogP contribution in [-0.2, 0) is 4.57 Å². The molecule has 0 saturated carbocycles. The highest BCUT2D eigenvalue weighted by Gasteiger charge is 2.23. The highest BCUT2D eigenvalue weighted by Crippen LogP contribution is 2.40. The molecular formula is C10H24NO3P. The summed E-state index contributed by atoms with van der Waals surface area (Å²) in [5.74, 6) is -0.965. The van der Waals surface area contributed by atoms with E-state index in [1.807, 2.05) is 0 Å². The second kappa shape index (κ2) is 8.28. The van der Waals surface area contributed by atoms with E-state index in [4.69, 9.17) is 15.5 Å². The van der Waals surface area contributed by atoms with Crippen molar-refractivity contribution >= 4 is 7.60 Å². The number of unbranched alkanes of at least 4 members (excludes halogenated alkanes) is 6. The summed E-state index contributed by atoms with van der Waals surface area (Å²) in [5, 5.41) is 0. The molecule has 1 atom stereocenters. The van der Waals surface area contributed by atoms with Crippen molar-refractivity contribution in [1.82, 2.24) is 0 Å². The Hall–Kier alpha value is 0.110. The fourth-order valence-corrected chi connectivity index (χ4v) is 2.00. The van der Waals surface area contributed by atoms with Crippen LogP contribution in [0.3, 0.4) is 0 Å². The zero-order valence-corrected chi connectivity index (χ0v) is 10.5. The van der Waals surface area contributed by atoms with E-state index in [0.717, 1.165) is 19.3 Å². The van der Waals surface area contributed by atoms with E-state index < -0.39 is 13.4 Å². The smallest absolute Gasteiger partial charge is 0.323 e. The molecule has 0 aromatic carbocycles. The Labute approximate surface area is 92.4 Å². The predicted octanol–water partition coefficient (Wildman–Crippen LogP) is 2.59. The van der Waals surface area contributed by atoms with Crippen molar-refractivity contribution in [2.24, 2.45) is 5.73 Å². The minimum atomic E-state index is -4.05. The maximum Gasteiger partial charge on any atom is 0.342 e. The van der Waals surface area contributed by atoms with Gasteiger partial charge in [0, 0.05) is 0 Å². The van der Waals surface area contributed by atoms with Gasteiger partial charge in [-0.1, -0.05) is 51.9 Å². The Morgan fingerprint density at radius 1 is 1.07 bits per heavy atom. The topological polar surface area (TPSA) is 83.6 Å². The van der Waals surface area contributed by atoms with Gasteiger partial charge in [-0.15, -0.1) is 0 Å². The predicted molar refractivity (Wildman–Crippen MR) is 62.6 cm³/mol. The van der Waals surface area contributed by atoms with Crippen molar-refractivity contribution < 1.29 is 14.4 Å². The molecule has 0 amide bonds. The van der Waals surface area contributed by atoms with Crippen LogP contribution in [0.2, 0.25) is 0 Å². The summed E-state index contributed by atoms with van der Waals surface area (Å²) in [6.45, 7) is 2.18. The number of nitrogens with two attached hydrogens (primary N) is 1. The summed E-state index contributed by atoms with van der Waals surface area (Å²) in [6, 6.07) is 0. The zero-order valence-electron chi connectivity index (χ0n) is 9.56. The Balaban J connectivity index is 3.28. The molecule has 92 valence electrons. The van der Waals surface area contributed by atoms with Crippen molar-refractivity contribution in [2.45, 2.75) is 64.1 Å². The van der Waals surface area contributed by atoms with Gasteiger partial charge in [-0.3, -0.25) is 4.57 Å². The number of hydrogen-bond donors (Lipinski definition) is 3. The van der Waals surface area contributed by atoms with Gasteiger partial charge in [0.1, 0.15) is 5.78 Å². The van der Waals surface area contributed by atoms with Crippen LogP contribution in [0, 0.1) is 0 Å². The molecule has 0 spiro atoms. The van der Waals surface area contributed by atoms with Gasteiger partial charge >= 0.3 is 7.60 Å². The van der Waals surface area contributed by atoms with E-state index in [1.54, 1.807) is 0 Å². The van der Waals surface area contributed by atoms with Crippen molar-refractivity contribution in [3.63, 3.8) is 0 Å². The second-order valence-corrected chi connectivity index (χ2v) is 5.91. The third-order valence-electron chi connectivity index (χ3n) is 2.54. The van der Waals surface area contributed by atoms with E-state index >= 15 is 0 Å². The third kappa shape index (κ3) is 9.06. The molecule has 1 unspecified atom stereocenters. The largest absolute Gasteiger partial charge is 0.342 e. The van der Waals surface area contributed by atoms with Gasteiger partial charge in [-0.2, -0.15) is 0 Å². The molecule has 0 aromatic heterocycles. The molecule has 0 aromatic rings. The molecule has 0 heterocycles. The van der Waals surface area contributed by atoms with E-state index in [1.165, 1.54) is 25.7 Å². The Morgan fingerprint density at radius 2 is 1.53 bits per heavy atom. The molecular weight excluding hydrogens is 213 g/mol. The van der Waals surface area contributed by atoms with Crippen molar-refractivity contribution in [1.29, 1.82) is 0 Å². The third-order valence-corrected chi connectivity index (χ3v) is 3.66. The molecule has 0 radical (unpaired) electrons. The average molecular weight is 237 g/mol. The van der Waals surface area contributed by atoms with Crippen molar-refractivity contribution in [2.75, 3.05) is 0 Å². The standard InChI is InChI=1S/C10H24NO3P/c1-2-3-4-5-6-7-8-9-10(11)15(12,13)14/h10H,2-9,11H2,1H3,(H2,12,13,14). The fourth-order valence-electron chi connectivity index (χ4n) is 1.48. The maximum absolute atomic E-state index is 10.7. The SMILES string of the molecule is CCCCCCCCCC(N)P(=O)(O)O. The fraction of sp³-hybridized carbons (Fsp3) is 1.00. The monoisotopic (exact) mass is 237 g/mol. The van der Waals surface area contributed by atoms with Gasteiger partial charge in [0.05, 0.1) is 0 Å². The Bertz CT molecular complexity index is 193. The molecule has 0 aliphatic carbocycles. The Kier molecular flexibility index (Phi) is 8.34. The van der Waals surface area contributed by atoms with Gasteiger partial charge in [0.25, 0.3) is 0 Å². The lowest BCUT2D eigenvalue weighted by Gasteiger charge is -2.12. The normalized spacial score (nSPS) is 14.1. The lowest BCUT2D eigenvalue weighted by Crippen LogP contribution is -2.19. The van der Waals surface area contributed by atoms with Crippen molar-refractivity contribution in [3.05, 3.63) is 0 Å². The van der Waals surface area contributed by atoms with Crippen LogP contribution < -0.4 is 5.73 Å². The van der Waals surface area contributed by atoms with Crippen LogP contribution in [0.4, 0.5) is 0 Å². The molecule has 5 heteroatoms. The van der Waals surface area contributed by atoms with Gasteiger partial charge in [0.2, 0.25) is 0 Å². The van der Waals surface area contributed by atoms with Crippen LogP contribution in [0.25, 0.3) is 0 Å². The lowest BCUT2D eigenvalue weighted by atomic mass is 10.1. The molecule has 0 aliphatic heterocycles. The van der Waals surface area contributed by atoms with Crippen LogP contribution in [-0.4, -0.2) is 15.6 Å². The van der Waals surface area contributed by atoms with Crippen LogP contribution in [0.1, 0.15) is 58.3 Å². The van der Waals surface area contributed by atoms with Gasteiger partial charge in [0.15, 0.2) is 0 Å². The second-order valence-electron chi connectivity index (χ2n) is 4.07. The van der Waals surface area contributed by atoms with Crippen LogP contribution in [0.15, 0.2) is 0 Å². The summed E-state index contributed by atoms with van der Waals surface area (Å²) < 4.78 is 10.7. The summed E-state index contributed by atoms with van der Waals surface area (Å²) in [4.78, 5) is 17.5. The van der Waals surface area contributed by atoms with Crippen molar-refractivity contribution in [3.8, 4) is 0 Å². The molecule has 0 bridgehead atoms. The highest BCUT2D eigenvalue weighted by atomic mass is 31.2. The molecule has 15 heavy (non-hydrogen) atoms. The first kappa shape index (κ1) is 15.1. The molecule has 0 aliphatic rings. The molecule has 0 fully saturated rings. The van der Waals surface area contributed by atoms with E-state index in [9.17, 15) is 4.57 Å². The van der Waals surface area contributed by atoms with E-state index in [-0.39, 0.29) is 0 Å². The lowest BCUT2D eigenvalue weighted by molar-refractivity contribution is 0.353. The molecule has 0 rings (SSSR count).